The second kappa shape index (κ2) is 6.66. The summed E-state index contributed by atoms with van der Waals surface area (Å²) in [6.07, 6.45) is 1.48. The number of nitrogens with zero attached hydrogens (tertiary/aromatic N) is 2. The Morgan fingerprint density at radius 3 is 2.13 bits per heavy atom. The van der Waals surface area contributed by atoms with Crippen LogP contribution in [0.15, 0.2) is 59.3 Å². The number of benzene rings is 2. The number of aryl methyl sites for hydroxylation is 1. The number of nitrogen functional groups attached to an aromatic ring is 1. The first kappa shape index (κ1) is 15.3. The molecule has 0 bridgehead atoms. The van der Waals surface area contributed by atoms with E-state index in [4.69, 9.17) is 5.73 Å². The zero-order valence-corrected chi connectivity index (χ0v) is 14.1. The van der Waals surface area contributed by atoms with Gasteiger partial charge in [-0.25, -0.2) is 9.97 Å². The summed E-state index contributed by atoms with van der Waals surface area (Å²) >= 11 is 3.44. The van der Waals surface area contributed by atoms with E-state index in [-0.39, 0.29) is 0 Å². The Labute approximate surface area is 143 Å². The van der Waals surface area contributed by atoms with Crippen LogP contribution in [0.5, 0.6) is 0 Å². The largest absolute Gasteiger partial charge is 0.393 e. The summed E-state index contributed by atoms with van der Waals surface area (Å²) in [5.41, 5.74) is 9.65. The third kappa shape index (κ3) is 3.78. The van der Waals surface area contributed by atoms with Gasteiger partial charge in [0.05, 0.1) is 0 Å². The summed E-state index contributed by atoms with van der Waals surface area (Å²) in [5.74, 6) is 1.14. The molecule has 1 aromatic heterocycles. The third-order valence-corrected chi connectivity index (χ3v) is 3.75. The Morgan fingerprint density at radius 2 is 1.52 bits per heavy atom. The van der Waals surface area contributed by atoms with Gasteiger partial charge in [0.1, 0.15) is 12.0 Å². The highest BCUT2D eigenvalue weighted by Gasteiger charge is 2.09. The highest BCUT2D eigenvalue weighted by Crippen LogP contribution is 2.29. The Hall–Kier alpha value is -2.60. The van der Waals surface area contributed by atoms with Gasteiger partial charge in [-0.05, 0) is 42.8 Å². The molecule has 3 aromatic rings. The topological polar surface area (TPSA) is 75.9 Å². The molecule has 6 heteroatoms. The van der Waals surface area contributed by atoms with Crippen molar-refractivity contribution >= 4 is 44.6 Å². The minimum absolute atomic E-state index is 0.467. The number of hydrogen-bond acceptors (Lipinski definition) is 5. The predicted octanol–water partition coefficient (Wildman–Crippen LogP) is 4.62. The van der Waals surface area contributed by atoms with Crippen LogP contribution in [0, 0.1) is 6.92 Å². The van der Waals surface area contributed by atoms with E-state index in [1.54, 1.807) is 0 Å². The number of nitrogens with one attached hydrogen (secondary N) is 2. The van der Waals surface area contributed by atoms with E-state index in [0.717, 1.165) is 21.4 Å². The molecule has 116 valence electrons. The fourth-order valence-electron chi connectivity index (χ4n) is 2.16. The van der Waals surface area contributed by atoms with E-state index >= 15 is 0 Å². The van der Waals surface area contributed by atoms with E-state index in [1.807, 2.05) is 55.5 Å². The van der Waals surface area contributed by atoms with Crippen molar-refractivity contribution in [3.05, 3.63) is 64.9 Å². The van der Waals surface area contributed by atoms with Gasteiger partial charge in [-0.2, -0.15) is 0 Å². The van der Waals surface area contributed by atoms with Crippen molar-refractivity contribution in [3.63, 3.8) is 0 Å². The van der Waals surface area contributed by atoms with Gasteiger partial charge >= 0.3 is 0 Å². The molecule has 5 nitrogen and oxygen atoms in total. The fourth-order valence-corrected chi connectivity index (χ4v) is 2.56. The smallest absolute Gasteiger partial charge is 0.159 e. The zero-order chi connectivity index (χ0) is 16.2. The molecule has 0 radical (unpaired) electrons. The molecule has 2 aromatic carbocycles. The van der Waals surface area contributed by atoms with Gasteiger partial charge in [-0.15, -0.1) is 0 Å². The summed E-state index contributed by atoms with van der Waals surface area (Å²) in [5, 5.41) is 6.43. The van der Waals surface area contributed by atoms with Crippen LogP contribution in [0.4, 0.5) is 28.7 Å². The van der Waals surface area contributed by atoms with Crippen molar-refractivity contribution in [2.24, 2.45) is 0 Å². The molecule has 0 aliphatic carbocycles. The van der Waals surface area contributed by atoms with Gasteiger partial charge in [0.25, 0.3) is 0 Å². The molecular formula is C17H16BrN5. The van der Waals surface area contributed by atoms with Crippen LogP contribution in [-0.2, 0) is 0 Å². The third-order valence-electron chi connectivity index (χ3n) is 3.25. The maximum Gasteiger partial charge on any atom is 0.159 e. The van der Waals surface area contributed by atoms with Crippen molar-refractivity contribution in [1.29, 1.82) is 0 Å². The van der Waals surface area contributed by atoms with Crippen molar-refractivity contribution in [1.82, 2.24) is 9.97 Å². The lowest BCUT2D eigenvalue weighted by molar-refractivity contribution is 1.17. The van der Waals surface area contributed by atoms with E-state index in [2.05, 4.69) is 36.5 Å². The van der Waals surface area contributed by atoms with E-state index in [9.17, 15) is 0 Å². The molecule has 0 fully saturated rings. The van der Waals surface area contributed by atoms with Gasteiger partial charge in [-0.3, -0.25) is 0 Å². The van der Waals surface area contributed by atoms with Crippen LogP contribution in [0.25, 0.3) is 0 Å². The van der Waals surface area contributed by atoms with Gasteiger partial charge < -0.3 is 16.4 Å². The highest BCUT2D eigenvalue weighted by molar-refractivity contribution is 9.10. The quantitative estimate of drug-likeness (QED) is 0.625. The maximum atomic E-state index is 6.19. The molecule has 3 rings (SSSR count). The van der Waals surface area contributed by atoms with Crippen LogP contribution in [-0.4, -0.2) is 9.97 Å². The number of anilines is 5. The normalized spacial score (nSPS) is 10.3. The fraction of sp³-hybridized carbons (Fsp3) is 0.0588. The second-order valence-corrected chi connectivity index (χ2v) is 6.03. The lowest BCUT2D eigenvalue weighted by Crippen LogP contribution is -2.05. The maximum absolute atomic E-state index is 6.19. The van der Waals surface area contributed by atoms with Crippen LogP contribution in [0.1, 0.15) is 5.56 Å². The molecule has 23 heavy (non-hydrogen) atoms. The molecular weight excluding hydrogens is 354 g/mol. The summed E-state index contributed by atoms with van der Waals surface area (Å²) < 4.78 is 0.980. The van der Waals surface area contributed by atoms with E-state index in [1.165, 1.54) is 6.33 Å². The highest BCUT2D eigenvalue weighted by atomic mass is 79.9. The Morgan fingerprint density at radius 1 is 0.913 bits per heavy atom. The van der Waals surface area contributed by atoms with Crippen molar-refractivity contribution < 1.29 is 0 Å². The van der Waals surface area contributed by atoms with E-state index in [0.29, 0.717) is 17.3 Å². The molecule has 0 spiro atoms. The number of halogens is 1. The first-order valence-electron chi connectivity index (χ1n) is 7.08. The first-order valence-corrected chi connectivity index (χ1v) is 7.88. The average molecular weight is 370 g/mol. The summed E-state index contributed by atoms with van der Waals surface area (Å²) in [6, 6.07) is 15.8. The Balaban J connectivity index is 1.86. The van der Waals surface area contributed by atoms with Gasteiger partial charge in [-0.1, -0.05) is 34.1 Å². The minimum atomic E-state index is 0.467. The van der Waals surface area contributed by atoms with Gasteiger partial charge in [0.15, 0.2) is 11.6 Å². The second-order valence-electron chi connectivity index (χ2n) is 5.11. The summed E-state index contributed by atoms with van der Waals surface area (Å²) in [7, 11) is 0. The van der Waals surface area contributed by atoms with Crippen molar-refractivity contribution in [3.8, 4) is 0 Å². The minimum Gasteiger partial charge on any atom is -0.393 e. The molecule has 4 N–H and O–H groups in total. The van der Waals surface area contributed by atoms with Gasteiger partial charge in [0.2, 0.25) is 0 Å². The molecule has 0 aliphatic rings. The van der Waals surface area contributed by atoms with Crippen LogP contribution in [0.2, 0.25) is 0 Å². The number of rotatable bonds is 4. The van der Waals surface area contributed by atoms with Crippen molar-refractivity contribution in [2.45, 2.75) is 6.92 Å². The standard InChI is InChI=1S/C17H16BrN5/c1-11-4-2-6-13(8-11)22-16-15(19)17(21-10-20-16)23-14-7-3-5-12(18)9-14/h2-10H,19H2,1H3,(H2,20,21,22,23). The number of aromatic nitrogens is 2. The average Bonchev–Trinajstić information content (AvgIpc) is 2.51. The molecule has 0 saturated heterocycles. The Bertz CT molecular complexity index is 769. The summed E-state index contributed by atoms with van der Waals surface area (Å²) in [6.45, 7) is 2.04. The molecule has 0 unspecified atom stereocenters. The number of nitrogens with two attached hydrogens (primary N) is 1. The monoisotopic (exact) mass is 369 g/mol. The van der Waals surface area contributed by atoms with Crippen LogP contribution in [0.3, 0.4) is 0 Å². The molecule has 0 atom stereocenters. The van der Waals surface area contributed by atoms with Crippen molar-refractivity contribution in [2.75, 3.05) is 16.4 Å². The lowest BCUT2D eigenvalue weighted by Gasteiger charge is -2.13. The SMILES string of the molecule is Cc1cccc(Nc2ncnc(Nc3cccc(Br)c3)c2N)c1. The molecule has 0 aliphatic heterocycles. The molecule has 1 heterocycles. The lowest BCUT2D eigenvalue weighted by atomic mass is 10.2. The van der Waals surface area contributed by atoms with Crippen LogP contribution < -0.4 is 16.4 Å². The van der Waals surface area contributed by atoms with E-state index < -0.39 is 0 Å². The molecule has 0 amide bonds. The first-order chi connectivity index (χ1) is 11.1. The van der Waals surface area contributed by atoms with Crippen LogP contribution >= 0.6 is 15.9 Å². The summed E-state index contributed by atoms with van der Waals surface area (Å²) in [4.78, 5) is 8.45. The predicted molar refractivity (Wildman–Crippen MR) is 98.3 cm³/mol. The van der Waals surface area contributed by atoms with Gasteiger partial charge in [0, 0.05) is 15.8 Å². The number of hydrogen-bond donors (Lipinski definition) is 3. The zero-order valence-electron chi connectivity index (χ0n) is 12.5. The Kier molecular flexibility index (Phi) is 4.43. The molecule has 0 saturated carbocycles.